The van der Waals surface area contributed by atoms with Gasteiger partial charge in [-0.25, -0.2) is 0 Å². The lowest BCUT2D eigenvalue weighted by molar-refractivity contribution is 0.734. The van der Waals surface area contributed by atoms with Gasteiger partial charge in [0.2, 0.25) is 0 Å². The third-order valence-electron chi connectivity index (χ3n) is 6.75. The third-order valence-corrected chi connectivity index (χ3v) is 6.75. The lowest BCUT2D eigenvalue weighted by Crippen LogP contribution is -2.22. The fourth-order valence-electron chi connectivity index (χ4n) is 4.62. The zero-order chi connectivity index (χ0) is 21.6. The van der Waals surface area contributed by atoms with E-state index >= 15 is 0 Å². The molecule has 6 rings (SSSR count). The highest BCUT2D eigenvalue weighted by molar-refractivity contribution is 14.0. The molecule has 3 heteroatoms. The molecule has 5 aromatic rings. The van der Waals surface area contributed by atoms with Crippen molar-refractivity contribution in [1.82, 2.24) is 4.57 Å². The summed E-state index contributed by atoms with van der Waals surface area (Å²) >= 11 is 0. The number of hydrogen-bond acceptors (Lipinski definition) is 1. The van der Waals surface area contributed by atoms with Crippen molar-refractivity contribution in [1.29, 1.82) is 0 Å². The fourth-order valence-corrected chi connectivity index (χ4v) is 4.62. The minimum Gasteiger partial charge on any atom is -0.347 e. The molecule has 162 valence electrons. The third kappa shape index (κ3) is 3.62. The van der Waals surface area contributed by atoms with Crippen LogP contribution in [0.15, 0.2) is 90.1 Å². The van der Waals surface area contributed by atoms with Gasteiger partial charge in [-0.3, -0.25) is 4.99 Å². The monoisotopic (exact) mass is 532 g/mol. The molecule has 0 unspecified atom stereocenters. The van der Waals surface area contributed by atoms with E-state index in [-0.39, 0.29) is 29.4 Å². The van der Waals surface area contributed by atoms with Crippen LogP contribution in [-0.4, -0.2) is 10.3 Å². The van der Waals surface area contributed by atoms with Crippen LogP contribution in [0.5, 0.6) is 0 Å². The Labute approximate surface area is 207 Å². The van der Waals surface area contributed by atoms with Gasteiger partial charge in [-0.15, -0.1) is 24.0 Å². The summed E-state index contributed by atoms with van der Waals surface area (Å²) in [6.45, 7) is 9.81. The smallest absolute Gasteiger partial charge is 0.0748 e. The molecule has 0 radical (unpaired) electrons. The van der Waals surface area contributed by atoms with Crippen molar-refractivity contribution in [2.24, 2.45) is 4.99 Å². The van der Waals surface area contributed by atoms with Crippen molar-refractivity contribution in [3.63, 3.8) is 0 Å². The number of aryl methyl sites for hydroxylation is 1. The van der Waals surface area contributed by atoms with E-state index in [1.54, 1.807) is 0 Å². The van der Waals surface area contributed by atoms with E-state index in [2.05, 4.69) is 117 Å². The standard InChI is InChI=1S/C15H15N.C14H13N.HI/c1-10-15(2,3)13-9-8-11-6-4-5-7-12(11)14(13)16-10;1-2-15-10-9-12-8-7-11-5-3-4-6-13(11)14(12)15;/h4-9H,1-3H3;3-10H,2H2,1H3;1H. The van der Waals surface area contributed by atoms with Crippen molar-refractivity contribution in [2.75, 3.05) is 0 Å². The quantitative estimate of drug-likeness (QED) is 0.192. The maximum absolute atomic E-state index is 4.75. The van der Waals surface area contributed by atoms with Crippen LogP contribution in [0.4, 0.5) is 5.69 Å². The SMILES string of the molecule is CC1=Nc2c(ccc3ccccc23)C1(C)C.CCn1ccc2ccc3ccccc3c21.I. The van der Waals surface area contributed by atoms with E-state index in [1.165, 1.54) is 49.4 Å². The molecule has 0 saturated carbocycles. The summed E-state index contributed by atoms with van der Waals surface area (Å²) in [5.41, 5.74) is 5.16. The Balaban J connectivity index is 0.000000149. The van der Waals surface area contributed by atoms with E-state index in [9.17, 15) is 0 Å². The summed E-state index contributed by atoms with van der Waals surface area (Å²) < 4.78 is 2.30. The molecule has 2 heterocycles. The highest BCUT2D eigenvalue weighted by Crippen LogP contribution is 2.43. The molecule has 2 nitrogen and oxygen atoms in total. The molecule has 1 aliphatic rings. The zero-order valence-corrected chi connectivity index (χ0v) is 21.4. The van der Waals surface area contributed by atoms with Gasteiger partial charge in [-0.1, -0.05) is 86.6 Å². The Morgan fingerprint density at radius 1 is 0.750 bits per heavy atom. The minimum absolute atomic E-state index is 0. The second-order valence-corrected chi connectivity index (χ2v) is 8.83. The topological polar surface area (TPSA) is 17.3 Å². The molecule has 32 heavy (non-hydrogen) atoms. The number of nitrogens with zero attached hydrogens (tertiary/aromatic N) is 2. The Bertz CT molecular complexity index is 1460. The first-order valence-corrected chi connectivity index (χ1v) is 11.1. The maximum Gasteiger partial charge on any atom is 0.0748 e. The van der Waals surface area contributed by atoms with Crippen molar-refractivity contribution in [2.45, 2.75) is 39.7 Å². The molecule has 0 amide bonds. The zero-order valence-electron chi connectivity index (χ0n) is 19.1. The molecule has 0 N–H and O–H groups in total. The van der Waals surface area contributed by atoms with Crippen LogP contribution in [-0.2, 0) is 12.0 Å². The number of benzene rings is 4. The Morgan fingerprint density at radius 2 is 1.34 bits per heavy atom. The van der Waals surface area contributed by atoms with E-state index < -0.39 is 0 Å². The maximum atomic E-state index is 4.75. The van der Waals surface area contributed by atoms with E-state index in [0.29, 0.717) is 0 Å². The highest BCUT2D eigenvalue weighted by Gasteiger charge is 2.32. The van der Waals surface area contributed by atoms with Crippen LogP contribution < -0.4 is 0 Å². The van der Waals surface area contributed by atoms with E-state index in [1.807, 2.05) is 0 Å². The molecule has 0 saturated heterocycles. The van der Waals surface area contributed by atoms with Gasteiger partial charge in [0.1, 0.15) is 0 Å². The van der Waals surface area contributed by atoms with Gasteiger partial charge >= 0.3 is 0 Å². The van der Waals surface area contributed by atoms with Gasteiger partial charge in [-0.05, 0) is 36.2 Å². The first-order valence-electron chi connectivity index (χ1n) is 11.1. The summed E-state index contributed by atoms with van der Waals surface area (Å²) in [5.74, 6) is 0. The second-order valence-electron chi connectivity index (χ2n) is 8.83. The number of fused-ring (bicyclic) bond motifs is 6. The second kappa shape index (κ2) is 8.70. The van der Waals surface area contributed by atoms with Gasteiger partial charge in [0.15, 0.2) is 0 Å². The average Bonchev–Trinajstić information content (AvgIpc) is 3.32. The van der Waals surface area contributed by atoms with Gasteiger partial charge in [-0.2, -0.15) is 0 Å². The van der Waals surface area contributed by atoms with Crippen LogP contribution in [0.1, 0.15) is 33.3 Å². The average molecular weight is 532 g/mol. The van der Waals surface area contributed by atoms with Crippen molar-refractivity contribution in [3.8, 4) is 0 Å². The van der Waals surface area contributed by atoms with Crippen LogP contribution in [0.2, 0.25) is 0 Å². The van der Waals surface area contributed by atoms with Crippen LogP contribution >= 0.6 is 24.0 Å². The lowest BCUT2D eigenvalue weighted by Gasteiger charge is -2.20. The number of rotatable bonds is 1. The molecule has 0 aliphatic carbocycles. The van der Waals surface area contributed by atoms with Crippen molar-refractivity contribution in [3.05, 3.63) is 90.6 Å². The molecule has 0 atom stereocenters. The molecule has 0 fully saturated rings. The summed E-state index contributed by atoms with van der Waals surface area (Å²) in [6, 6.07) is 28.0. The predicted molar refractivity (Wildman–Crippen MR) is 150 cm³/mol. The predicted octanol–water partition coefficient (Wildman–Crippen LogP) is 8.66. The Kier molecular flexibility index (Phi) is 6.13. The minimum atomic E-state index is 0. The van der Waals surface area contributed by atoms with Crippen molar-refractivity contribution < 1.29 is 0 Å². The first kappa shape index (κ1) is 22.5. The van der Waals surface area contributed by atoms with Crippen molar-refractivity contribution >= 4 is 67.8 Å². The number of hydrogen-bond donors (Lipinski definition) is 0. The van der Waals surface area contributed by atoms with Gasteiger partial charge < -0.3 is 4.57 Å². The largest absolute Gasteiger partial charge is 0.347 e. The normalized spacial score (nSPS) is 13.9. The molecular weight excluding hydrogens is 503 g/mol. The van der Waals surface area contributed by atoms with E-state index in [4.69, 9.17) is 4.99 Å². The molecule has 1 aliphatic heterocycles. The molecule has 0 bridgehead atoms. The molecule has 1 aromatic heterocycles. The Morgan fingerprint density at radius 3 is 2.06 bits per heavy atom. The van der Waals surface area contributed by atoms with Gasteiger partial charge in [0.05, 0.1) is 11.2 Å². The number of aromatic nitrogens is 1. The van der Waals surface area contributed by atoms with E-state index in [0.717, 1.165) is 6.54 Å². The summed E-state index contributed by atoms with van der Waals surface area (Å²) in [4.78, 5) is 4.75. The summed E-state index contributed by atoms with van der Waals surface area (Å²) in [7, 11) is 0. The first-order chi connectivity index (χ1) is 15.0. The lowest BCUT2D eigenvalue weighted by atomic mass is 9.81. The Hall–Kier alpha value is -2.66. The highest BCUT2D eigenvalue weighted by atomic mass is 127. The van der Waals surface area contributed by atoms with Crippen LogP contribution in [0.3, 0.4) is 0 Å². The number of aliphatic imine (C=N–C) groups is 1. The molecule has 0 spiro atoms. The van der Waals surface area contributed by atoms with Crippen LogP contribution in [0.25, 0.3) is 32.4 Å². The fraction of sp³-hybridized carbons (Fsp3) is 0.207. The molecular formula is C29H29IN2. The van der Waals surface area contributed by atoms with Crippen LogP contribution in [0, 0.1) is 0 Å². The van der Waals surface area contributed by atoms with Gasteiger partial charge in [0, 0.05) is 40.0 Å². The molecule has 4 aromatic carbocycles. The summed E-state index contributed by atoms with van der Waals surface area (Å²) in [6.07, 6.45) is 2.16. The van der Waals surface area contributed by atoms with Gasteiger partial charge in [0.25, 0.3) is 0 Å². The summed E-state index contributed by atoms with van der Waals surface area (Å²) in [5, 5.41) is 6.54. The number of halogens is 1.